The van der Waals surface area contributed by atoms with Gasteiger partial charge < -0.3 is 34.2 Å². The third kappa shape index (κ3) is 16.8. The van der Waals surface area contributed by atoms with Crippen molar-refractivity contribution in [2.24, 2.45) is 0 Å². The molecule has 2 aromatic carbocycles. The number of ether oxygens (including phenoxy) is 3. The number of aryl methyl sites for hydroxylation is 2. The highest BCUT2D eigenvalue weighted by Gasteiger charge is 2.33. The van der Waals surface area contributed by atoms with E-state index in [2.05, 4.69) is 29.1 Å². The van der Waals surface area contributed by atoms with Crippen LogP contribution in [0.1, 0.15) is 163 Å². The molecule has 4 aromatic rings. The Morgan fingerprint density at radius 3 is 1.36 bits per heavy atom. The van der Waals surface area contributed by atoms with Crippen molar-refractivity contribution in [1.29, 1.82) is 0 Å². The van der Waals surface area contributed by atoms with Crippen LogP contribution in [-0.2, 0) is 40.1 Å². The Morgan fingerprint density at radius 2 is 1.00 bits per heavy atom. The number of methoxy groups -OCH3 is 2. The summed E-state index contributed by atoms with van der Waals surface area (Å²) in [5.41, 5.74) is 5.50. The van der Waals surface area contributed by atoms with Crippen LogP contribution in [-0.4, -0.2) is 113 Å². The van der Waals surface area contributed by atoms with E-state index in [1.807, 2.05) is 85.3 Å². The van der Waals surface area contributed by atoms with Crippen LogP contribution in [0.4, 0.5) is 4.79 Å². The molecule has 0 spiro atoms. The second-order valence-corrected chi connectivity index (χ2v) is 18.9. The van der Waals surface area contributed by atoms with Crippen LogP contribution in [0.2, 0.25) is 0 Å². The van der Waals surface area contributed by atoms with Crippen molar-refractivity contribution in [3.05, 3.63) is 130 Å². The van der Waals surface area contributed by atoms with Crippen molar-refractivity contribution in [3.8, 4) is 0 Å². The molecule has 14 nitrogen and oxygen atoms in total. The van der Waals surface area contributed by atoms with Crippen LogP contribution in [0.5, 0.6) is 0 Å². The largest absolute Gasteiger partial charge is 0.465 e. The molecule has 4 heterocycles. The van der Waals surface area contributed by atoms with Gasteiger partial charge >= 0.3 is 18.0 Å². The number of piperidine rings is 2. The number of aromatic nitrogens is 2. The number of unbranched alkanes of at least 4 members (excludes halogenated alkanes) is 4. The third-order valence-corrected chi connectivity index (χ3v) is 12.5. The summed E-state index contributed by atoms with van der Waals surface area (Å²) in [7, 11) is 2.72. The molecule has 2 aromatic heterocycles. The Bertz CT molecular complexity index is 2230. The summed E-state index contributed by atoms with van der Waals surface area (Å²) < 4.78 is 15.1. The monoisotopic (exact) mass is 947 g/mol. The number of likely N-dealkylation sites (tertiary alicyclic amines) is 1. The Kier molecular flexibility index (Phi) is 21.2. The van der Waals surface area contributed by atoms with Gasteiger partial charge in [0.1, 0.15) is 17.0 Å². The van der Waals surface area contributed by atoms with E-state index in [1.54, 1.807) is 35.4 Å². The normalized spacial score (nSPS) is 14.2. The lowest BCUT2D eigenvalue weighted by molar-refractivity contribution is 0.0140. The second-order valence-electron chi connectivity index (χ2n) is 18.9. The number of carbonyl (C=O) groups is 5. The number of rotatable bonds is 18. The van der Waals surface area contributed by atoms with Gasteiger partial charge in [-0.1, -0.05) is 75.9 Å². The van der Waals surface area contributed by atoms with E-state index in [-0.39, 0.29) is 36.0 Å². The van der Waals surface area contributed by atoms with Gasteiger partial charge in [-0.15, -0.1) is 0 Å². The number of benzene rings is 2. The third-order valence-electron chi connectivity index (χ3n) is 12.5. The molecule has 2 saturated heterocycles. The van der Waals surface area contributed by atoms with E-state index in [0.717, 1.165) is 74.7 Å². The molecule has 0 aliphatic carbocycles. The van der Waals surface area contributed by atoms with Crippen LogP contribution < -0.4 is 5.32 Å². The van der Waals surface area contributed by atoms with E-state index >= 15 is 0 Å². The highest BCUT2D eigenvalue weighted by molar-refractivity contribution is 5.93. The fourth-order valence-electron chi connectivity index (χ4n) is 8.51. The maximum Gasteiger partial charge on any atom is 0.410 e. The molecule has 0 bridgehead atoms. The maximum atomic E-state index is 13.7. The van der Waals surface area contributed by atoms with Crippen molar-refractivity contribution in [3.63, 3.8) is 0 Å². The lowest BCUT2D eigenvalue weighted by atomic mass is 10.0. The lowest BCUT2D eigenvalue weighted by Gasteiger charge is -2.39. The van der Waals surface area contributed by atoms with Crippen molar-refractivity contribution >= 4 is 29.8 Å². The molecule has 14 heteroatoms. The molecule has 3 amide bonds. The lowest BCUT2D eigenvalue weighted by Crippen LogP contribution is -2.49. The number of hydrogen-bond donors (Lipinski definition) is 1. The van der Waals surface area contributed by atoms with Gasteiger partial charge in [-0.25, -0.2) is 14.4 Å². The minimum Gasteiger partial charge on any atom is -0.465 e. The predicted octanol–water partition coefficient (Wildman–Crippen LogP) is 9.64. The van der Waals surface area contributed by atoms with Gasteiger partial charge in [0.2, 0.25) is 0 Å². The summed E-state index contributed by atoms with van der Waals surface area (Å²) in [6.45, 7) is 13.6. The van der Waals surface area contributed by atoms with Gasteiger partial charge in [0, 0.05) is 50.7 Å². The van der Waals surface area contributed by atoms with E-state index in [0.29, 0.717) is 61.5 Å². The molecular formula is C55H74N6O8. The van der Waals surface area contributed by atoms with Gasteiger partial charge in [0.15, 0.2) is 0 Å². The summed E-state index contributed by atoms with van der Waals surface area (Å²) in [6, 6.07) is 22.2. The number of hydrogen-bond acceptors (Lipinski definition) is 11. The molecular weight excluding hydrogens is 873 g/mol. The van der Waals surface area contributed by atoms with Gasteiger partial charge in [-0.3, -0.25) is 19.6 Å². The minimum absolute atomic E-state index is 0.0379. The highest BCUT2D eigenvalue weighted by Crippen LogP contribution is 2.24. The number of nitrogens with zero attached hydrogens (tertiary/aromatic N) is 5. The fourth-order valence-corrected chi connectivity index (χ4v) is 8.51. The summed E-state index contributed by atoms with van der Waals surface area (Å²) in [5, 5.41) is 3.37. The molecule has 2 aliphatic heterocycles. The molecule has 0 atom stereocenters. The molecule has 69 heavy (non-hydrogen) atoms. The molecule has 2 fully saturated rings. The fraction of sp³-hybridized carbons (Fsp3) is 0.509. The second kappa shape index (κ2) is 27.1. The number of nitrogens with one attached hydrogen (secondary N) is 1. The average molecular weight is 947 g/mol. The van der Waals surface area contributed by atoms with Crippen molar-refractivity contribution in [2.75, 3.05) is 40.4 Å². The Morgan fingerprint density at radius 1 is 0.594 bits per heavy atom. The quantitative estimate of drug-likeness (QED) is 0.0575. The van der Waals surface area contributed by atoms with Crippen molar-refractivity contribution in [1.82, 2.24) is 30.0 Å². The van der Waals surface area contributed by atoms with Crippen molar-refractivity contribution in [2.45, 2.75) is 142 Å². The van der Waals surface area contributed by atoms with E-state index in [1.165, 1.54) is 39.0 Å². The zero-order chi connectivity index (χ0) is 49.8. The molecule has 1 N–H and O–H groups in total. The first kappa shape index (κ1) is 53.8. The van der Waals surface area contributed by atoms with Crippen molar-refractivity contribution < 1.29 is 38.2 Å². The van der Waals surface area contributed by atoms with Crippen LogP contribution in [0, 0.1) is 0 Å². The zero-order valence-corrected chi connectivity index (χ0v) is 42.0. The Balaban J connectivity index is 0.000000263. The molecule has 0 saturated carbocycles. The average Bonchev–Trinajstić information content (AvgIpc) is 3.37. The van der Waals surface area contributed by atoms with Gasteiger partial charge in [-0.2, -0.15) is 0 Å². The van der Waals surface area contributed by atoms with Crippen LogP contribution >= 0.6 is 0 Å². The summed E-state index contributed by atoms with van der Waals surface area (Å²) in [6.07, 6.45) is 15.4. The SMILES string of the molecule is CCCCCc1ccc(C(=O)N(Cc2ccc(C(=O)OC)cc2)C2CCN(C(=O)OC(C)(C)C)CC2)nc1.CCCCCc1ccc(C(=O)N(Cc2ccc(C(=O)OC)cc2)C2CCNCC2)nc1. The standard InChI is InChI=1S/C30H41N3O5.C25H33N3O3/c1-6-7-8-9-22-12-15-26(31-20-22)27(34)33(21-23-10-13-24(14-11-23)28(35)37-5)25-16-18-32(19-17-25)29(36)38-30(2,3)4;1-3-4-5-6-19-9-12-23(27-17-19)24(29)28(22-13-15-26-16-14-22)18-20-7-10-21(11-8-20)25(30)31-2/h10-15,20,25H,6-9,16-19,21H2,1-5H3;7-12,17,22,26H,3-6,13-16,18H2,1-2H3. The number of esters is 2. The zero-order valence-electron chi connectivity index (χ0n) is 42.0. The molecule has 0 unspecified atom stereocenters. The first-order chi connectivity index (χ1) is 33.2. The van der Waals surface area contributed by atoms with Gasteiger partial charge in [0.05, 0.1) is 25.3 Å². The molecule has 0 radical (unpaired) electrons. The Hall–Kier alpha value is -6.15. The van der Waals surface area contributed by atoms with E-state index in [9.17, 15) is 24.0 Å². The van der Waals surface area contributed by atoms with Crippen LogP contribution in [0.15, 0.2) is 85.2 Å². The summed E-state index contributed by atoms with van der Waals surface area (Å²) in [4.78, 5) is 77.7. The number of pyridine rings is 2. The van der Waals surface area contributed by atoms with E-state index in [4.69, 9.17) is 14.2 Å². The minimum atomic E-state index is -0.555. The molecule has 6 rings (SSSR count). The van der Waals surface area contributed by atoms with Crippen LogP contribution in [0.3, 0.4) is 0 Å². The topological polar surface area (TPSA) is 161 Å². The highest BCUT2D eigenvalue weighted by atomic mass is 16.6. The smallest absolute Gasteiger partial charge is 0.410 e. The molecule has 2 aliphatic rings. The van der Waals surface area contributed by atoms with E-state index < -0.39 is 11.6 Å². The predicted molar refractivity (Wildman–Crippen MR) is 267 cm³/mol. The first-order valence-electron chi connectivity index (χ1n) is 24.8. The number of amides is 3. The summed E-state index contributed by atoms with van der Waals surface area (Å²) >= 11 is 0. The first-order valence-corrected chi connectivity index (χ1v) is 24.8. The summed E-state index contributed by atoms with van der Waals surface area (Å²) in [5.74, 6) is -0.940. The maximum absolute atomic E-state index is 13.7. The van der Waals surface area contributed by atoms with Gasteiger partial charge in [-0.05, 0) is 144 Å². The van der Waals surface area contributed by atoms with Crippen LogP contribution in [0.25, 0.3) is 0 Å². The number of carbonyl (C=O) groups excluding carboxylic acids is 5. The molecule has 372 valence electrons. The van der Waals surface area contributed by atoms with Gasteiger partial charge in [0.25, 0.3) is 11.8 Å². The Labute approximate surface area is 409 Å².